The molecule has 1 heterocycles. The van der Waals surface area contributed by atoms with Gasteiger partial charge in [-0.3, -0.25) is 0 Å². The third-order valence-electron chi connectivity index (χ3n) is 4.36. The predicted octanol–water partition coefficient (Wildman–Crippen LogP) is 3.11. The van der Waals surface area contributed by atoms with Crippen molar-refractivity contribution in [2.45, 2.75) is 10.9 Å². The number of benzene rings is 2. The first kappa shape index (κ1) is 21.8. The predicted molar refractivity (Wildman–Crippen MR) is 108 cm³/mol. The maximum atomic E-state index is 13.3. The first-order valence-corrected chi connectivity index (χ1v) is 9.98. The Morgan fingerprint density at radius 2 is 1.78 bits per heavy atom. The molecule has 1 fully saturated rings. The number of nitrogens with one attached hydrogen (secondary N) is 1. The Morgan fingerprint density at radius 1 is 1.11 bits per heavy atom. The number of halogens is 2. The topological polar surface area (TPSA) is 67.9 Å². The van der Waals surface area contributed by atoms with Crippen LogP contribution in [-0.2, 0) is 10.0 Å². The monoisotopic (exact) mass is 432 g/mol. The highest BCUT2D eigenvalue weighted by Gasteiger charge is 2.35. The average molecular weight is 433 g/mol. The summed E-state index contributed by atoms with van der Waals surface area (Å²) in [6.07, 6.45) is 0. The van der Waals surface area contributed by atoms with E-state index in [1.165, 1.54) is 30.7 Å². The highest BCUT2D eigenvalue weighted by molar-refractivity contribution is 7.89. The first-order valence-electron chi connectivity index (χ1n) is 8.17. The molecule has 0 bridgehead atoms. The van der Waals surface area contributed by atoms with Crippen LogP contribution in [0.1, 0.15) is 11.6 Å². The summed E-state index contributed by atoms with van der Waals surface area (Å²) < 4.78 is 38.6. The van der Waals surface area contributed by atoms with Gasteiger partial charge in [0.1, 0.15) is 11.5 Å². The maximum Gasteiger partial charge on any atom is 0.243 e. The number of hydrogen-bond donors (Lipinski definition) is 1. The molecule has 2 aromatic carbocycles. The van der Waals surface area contributed by atoms with E-state index >= 15 is 0 Å². The van der Waals surface area contributed by atoms with E-state index in [9.17, 15) is 8.42 Å². The Bertz CT molecular complexity index is 870. The van der Waals surface area contributed by atoms with Crippen molar-refractivity contribution in [3.8, 4) is 11.5 Å². The van der Waals surface area contributed by atoms with Crippen LogP contribution in [0.15, 0.2) is 47.4 Å². The zero-order valence-electron chi connectivity index (χ0n) is 15.0. The van der Waals surface area contributed by atoms with Crippen molar-refractivity contribution in [3.63, 3.8) is 0 Å². The number of ether oxygens (including phenoxy) is 2. The van der Waals surface area contributed by atoms with E-state index in [-0.39, 0.29) is 23.3 Å². The van der Waals surface area contributed by atoms with Crippen molar-refractivity contribution >= 4 is 34.0 Å². The van der Waals surface area contributed by atoms with Crippen LogP contribution < -0.4 is 14.8 Å². The van der Waals surface area contributed by atoms with Crippen LogP contribution in [0.5, 0.6) is 11.5 Å². The second-order valence-electron chi connectivity index (χ2n) is 5.94. The maximum absolute atomic E-state index is 13.3. The number of nitrogens with zero attached hydrogens (tertiary/aromatic N) is 1. The largest absolute Gasteiger partial charge is 0.497 e. The van der Waals surface area contributed by atoms with Crippen molar-refractivity contribution in [1.29, 1.82) is 0 Å². The van der Waals surface area contributed by atoms with E-state index in [2.05, 4.69) is 5.32 Å². The van der Waals surface area contributed by atoms with Gasteiger partial charge in [-0.05, 0) is 17.7 Å². The SMILES string of the molecule is COc1cc(OC)cc(S(=O)(=O)N2CCNCC2c2cccc(Cl)c2)c1.Cl. The van der Waals surface area contributed by atoms with Gasteiger partial charge in [0.25, 0.3) is 0 Å². The summed E-state index contributed by atoms with van der Waals surface area (Å²) in [6, 6.07) is 11.6. The summed E-state index contributed by atoms with van der Waals surface area (Å²) in [5, 5.41) is 3.83. The third-order valence-corrected chi connectivity index (χ3v) is 6.48. The molecule has 1 aliphatic heterocycles. The molecule has 148 valence electrons. The molecule has 2 aromatic rings. The van der Waals surface area contributed by atoms with Gasteiger partial charge in [-0.15, -0.1) is 12.4 Å². The zero-order valence-corrected chi connectivity index (χ0v) is 17.4. The Labute approximate surface area is 170 Å². The van der Waals surface area contributed by atoms with Gasteiger partial charge in [-0.25, -0.2) is 8.42 Å². The van der Waals surface area contributed by atoms with E-state index in [1.807, 2.05) is 12.1 Å². The van der Waals surface area contributed by atoms with Gasteiger partial charge in [0, 0.05) is 42.9 Å². The molecule has 27 heavy (non-hydrogen) atoms. The third kappa shape index (κ3) is 4.67. The standard InChI is InChI=1S/C18H21ClN2O4S.ClH/c1-24-15-9-16(25-2)11-17(10-15)26(22,23)21-7-6-20-12-18(21)13-4-3-5-14(19)8-13;/h3-5,8-11,18,20H,6-7,12H2,1-2H3;1H. The molecule has 0 radical (unpaired) electrons. The van der Waals surface area contributed by atoms with Gasteiger partial charge in [0.2, 0.25) is 10.0 Å². The number of hydrogen-bond acceptors (Lipinski definition) is 5. The summed E-state index contributed by atoms with van der Waals surface area (Å²) in [7, 11) is -0.765. The van der Waals surface area contributed by atoms with Crippen LogP contribution in [0.25, 0.3) is 0 Å². The molecule has 3 rings (SSSR count). The molecule has 0 aromatic heterocycles. The Balaban J connectivity index is 0.00000261. The summed E-state index contributed by atoms with van der Waals surface area (Å²) in [5.41, 5.74) is 0.850. The van der Waals surface area contributed by atoms with Gasteiger partial charge in [0.15, 0.2) is 0 Å². The van der Waals surface area contributed by atoms with Crippen LogP contribution in [0.2, 0.25) is 5.02 Å². The van der Waals surface area contributed by atoms with Crippen molar-refractivity contribution in [2.24, 2.45) is 0 Å². The van der Waals surface area contributed by atoms with Crippen LogP contribution in [0, 0.1) is 0 Å². The molecule has 0 spiro atoms. The summed E-state index contributed by atoms with van der Waals surface area (Å²) >= 11 is 6.10. The molecule has 0 aliphatic carbocycles. The summed E-state index contributed by atoms with van der Waals surface area (Å²) in [5.74, 6) is 0.856. The summed E-state index contributed by atoms with van der Waals surface area (Å²) in [6.45, 7) is 1.46. The average Bonchev–Trinajstić information content (AvgIpc) is 2.67. The fourth-order valence-electron chi connectivity index (χ4n) is 3.04. The lowest BCUT2D eigenvalue weighted by Crippen LogP contribution is -2.48. The normalized spacial score (nSPS) is 17.8. The molecular weight excluding hydrogens is 411 g/mol. The number of methoxy groups -OCH3 is 2. The highest BCUT2D eigenvalue weighted by atomic mass is 35.5. The molecule has 1 saturated heterocycles. The van der Waals surface area contributed by atoms with Crippen LogP contribution in [-0.4, -0.2) is 46.6 Å². The molecule has 0 amide bonds. The van der Waals surface area contributed by atoms with Crippen LogP contribution in [0.3, 0.4) is 0 Å². The number of sulfonamides is 1. The van der Waals surface area contributed by atoms with E-state index in [4.69, 9.17) is 21.1 Å². The van der Waals surface area contributed by atoms with Gasteiger partial charge < -0.3 is 14.8 Å². The second kappa shape index (κ2) is 9.12. The molecule has 6 nitrogen and oxygen atoms in total. The molecule has 1 atom stereocenters. The first-order chi connectivity index (χ1) is 12.5. The molecular formula is C18H22Cl2N2O4S. The lowest BCUT2D eigenvalue weighted by molar-refractivity contribution is 0.271. The zero-order chi connectivity index (χ0) is 18.7. The smallest absolute Gasteiger partial charge is 0.243 e. The van der Waals surface area contributed by atoms with Crippen molar-refractivity contribution in [3.05, 3.63) is 53.1 Å². The Kier molecular flexibility index (Phi) is 7.36. The van der Waals surface area contributed by atoms with E-state index in [1.54, 1.807) is 18.2 Å². The van der Waals surface area contributed by atoms with Crippen molar-refractivity contribution < 1.29 is 17.9 Å². The minimum absolute atomic E-state index is 0. The van der Waals surface area contributed by atoms with E-state index < -0.39 is 10.0 Å². The molecule has 1 aliphatic rings. The lowest BCUT2D eigenvalue weighted by atomic mass is 10.1. The Hall–Kier alpha value is -1.51. The van der Waals surface area contributed by atoms with Gasteiger partial charge in [0.05, 0.1) is 25.2 Å². The molecule has 0 saturated carbocycles. The minimum atomic E-state index is -3.75. The lowest BCUT2D eigenvalue weighted by Gasteiger charge is -2.35. The van der Waals surface area contributed by atoms with Gasteiger partial charge in [-0.2, -0.15) is 4.31 Å². The van der Waals surface area contributed by atoms with Crippen LogP contribution >= 0.6 is 24.0 Å². The fourth-order valence-corrected chi connectivity index (χ4v) is 4.90. The highest BCUT2D eigenvalue weighted by Crippen LogP contribution is 2.33. The number of rotatable bonds is 5. The fraction of sp³-hybridized carbons (Fsp3) is 0.333. The molecule has 1 unspecified atom stereocenters. The quantitative estimate of drug-likeness (QED) is 0.785. The van der Waals surface area contributed by atoms with Gasteiger partial charge >= 0.3 is 0 Å². The molecule has 1 N–H and O–H groups in total. The minimum Gasteiger partial charge on any atom is -0.497 e. The van der Waals surface area contributed by atoms with E-state index in [0.29, 0.717) is 36.2 Å². The Morgan fingerprint density at radius 3 is 2.37 bits per heavy atom. The molecule has 9 heteroatoms. The second-order valence-corrected chi connectivity index (χ2v) is 8.27. The van der Waals surface area contributed by atoms with Crippen molar-refractivity contribution in [2.75, 3.05) is 33.9 Å². The summed E-state index contributed by atoms with van der Waals surface area (Å²) in [4.78, 5) is 0.141. The van der Waals surface area contributed by atoms with Gasteiger partial charge in [-0.1, -0.05) is 23.7 Å². The van der Waals surface area contributed by atoms with E-state index in [0.717, 1.165) is 5.56 Å². The van der Waals surface area contributed by atoms with Crippen LogP contribution in [0.4, 0.5) is 0 Å². The van der Waals surface area contributed by atoms with Crippen molar-refractivity contribution in [1.82, 2.24) is 9.62 Å². The number of piperazine rings is 1.